The summed E-state index contributed by atoms with van der Waals surface area (Å²) in [6.45, 7) is 3.72. The summed E-state index contributed by atoms with van der Waals surface area (Å²) in [5, 5.41) is 3.54. The molecule has 0 saturated heterocycles. The number of aryl methyl sites for hydroxylation is 1. The van der Waals surface area contributed by atoms with Crippen molar-refractivity contribution < 1.29 is 28.2 Å². The van der Waals surface area contributed by atoms with Crippen LogP contribution in [-0.4, -0.2) is 38.7 Å². The van der Waals surface area contributed by atoms with Gasteiger partial charge in [0.05, 0.1) is 14.2 Å². The molecule has 1 amide bonds. The average Bonchev–Trinajstić information content (AvgIpc) is 3.10. The first kappa shape index (κ1) is 21.2. The third-order valence-corrected chi connectivity index (χ3v) is 4.85. The molecule has 1 atom stereocenters. The van der Waals surface area contributed by atoms with Crippen LogP contribution in [0.5, 0.6) is 11.5 Å². The highest BCUT2D eigenvalue weighted by atomic mass is 16.6. The Labute approximate surface area is 174 Å². The summed E-state index contributed by atoms with van der Waals surface area (Å²) in [7, 11) is 3.18. The lowest BCUT2D eigenvalue weighted by molar-refractivity contribution is -0.129. The minimum absolute atomic E-state index is 0.0798. The van der Waals surface area contributed by atoms with E-state index in [1.54, 1.807) is 39.3 Å². The van der Waals surface area contributed by atoms with Gasteiger partial charge in [0.25, 0.3) is 5.91 Å². The third kappa shape index (κ3) is 4.74. The molecule has 7 heteroatoms. The molecular formula is C23H25NO6. The maximum Gasteiger partial charge on any atom is 0.375 e. The number of nitrogens with one attached hydrogen (secondary N) is 1. The molecule has 7 nitrogen and oxygen atoms in total. The molecule has 3 rings (SSSR count). The van der Waals surface area contributed by atoms with Gasteiger partial charge in [-0.2, -0.15) is 0 Å². The van der Waals surface area contributed by atoms with E-state index in [2.05, 4.69) is 5.32 Å². The van der Waals surface area contributed by atoms with Crippen molar-refractivity contribution in [2.45, 2.75) is 26.4 Å². The molecule has 0 aliphatic rings. The van der Waals surface area contributed by atoms with E-state index in [0.717, 1.165) is 16.7 Å². The fourth-order valence-corrected chi connectivity index (χ4v) is 3.06. The Morgan fingerprint density at radius 3 is 2.37 bits per heavy atom. The van der Waals surface area contributed by atoms with Crippen LogP contribution in [0.15, 0.2) is 46.9 Å². The van der Waals surface area contributed by atoms with Gasteiger partial charge in [-0.1, -0.05) is 12.1 Å². The second-order valence-electron chi connectivity index (χ2n) is 6.85. The molecule has 0 spiro atoms. The summed E-state index contributed by atoms with van der Waals surface area (Å²) < 4.78 is 21.3. The van der Waals surface area contributed by atoms with E-state index >= 15 is 0 Å². The van der Waals surface area contributed by atoms with Crippen molar-refractivity contribution in [1.82, 2.24) is 5.32 Å². The minimum atomic E-state index is -0.949. The van der Waals surface area contributed by atoms with Crippen LogP contribution in [0.2, 0.25) is 0 Å². The van der Waals surface area contributed by atoms with Gasteiger partial charge in [-0.05, 0) is 56.2 Å². The monoisotopic (exact) mass is 411 g/mol. The van der Waals surface area contributed by atoms with Crippen LogP contribution in [0.25, 0.3) is 11.0 Å². The average molecular weight is 411 g/mol. The molecule has 30 heavy (non-hydrogen) atoms. The number of ether oxygens (including phenoxy) is 3. The fourth-order valence-electron chi connectivity index (χ4n) is 3.06. The van der Waals surface area contributed by atoms with Crippen molar-refractivity contribution in [3.63, 3.8) is 0 Å². The second kappa shape index (κ2) is 9.35. The van der Waals surface area contributed by atoms with Crippen LogP contribution in [-0.2, 0) is 16.0 Å². The standard InChI is InChI=1S/C23H25NO6/c1-14-19-13-18(28-4)9-10-20(19)30-21(14)23(26)29-15(2)22(25)24-12-11-16-5-7-17(27-3)8-6-16/h5-10,13,15H,11-12H2,1-4H3,(H,24,25)/t15-/m0/s1. The highest BCUT2D eigenvalue weighted by Gasteiger charge is 2.24. The quantitative estimate of drug-likeness (QED) is 0.569. The van der Waals surface area contributed by atoms with Crippen LogP contribution in [0.3, 0.4) is 0 Å². The molecule has 158 valence electrons. The van der Waals surface area contributed by atoms with E-state index in [0.29, 0.717) is 29.9 Å². The Hall–Kier alpha value is -3.48. The highest BCUT2D eigenvalue weighted by molar-refractivity contribution is 5.97. The number of methoxy groups -OCH3 is 2. The summed E-state index contributed by atoms with van der Waals surface area (Å²) in [5.41, 5.74) is 2.26. The van der Waals surface area contributed by atoms with Crippen LogP contribution in [0.4, 0.5) is 0 Å². The number of rotatable bonds is 8. The van der Waals surface area contributed by atoms with Crippen LogP contribution < -0.4 is 14.8 Å². The molecule has 0 radical (unpaired) electrons. The molecule has 3 aromatic rings. The van der Waals surface area contributed by atoms with E-state index in [4.69, 9.17) is 18.6 Å². The van der Waals surface area contributed by atoms with Gasteiger partial charge in [0.1, 0.15) is 17.1 Å². The minimum Gasteiger partial charge on any atom is -0.497 e. The molecule has 0 aliphatic carbocycles. The molecular weight excluding hydrogens is 386 g/mol. The van der Waals surface area contributed by atoms with Gasteiger partial charge >= 0.3 is 5.97 Å². The first-order valence-electron chi connectivity index (χ1n) is 9.61. The molecule has 1 aromatic heterocycles. The summed E-state index contributed by atoms with van der Waals surface area (Å²) in [5.74, 6) is 0.475. The predicted molar refractivity (Wildman–Crippen MR) is 112 cm³/mol. The molecule has 2 aromatic carbocycles. The number of furan rings is 1. The topological polar surface area (TPSA) is 87.0 Å². The fraction of sp³-hybridized carbons (Fsp3) is 0.304. The van der Waals surface area contributed by atoms with Crippen molar-refractivity contribution in [1.29, 1.82) is 0 Å². The summed E-state index contributed by atoms with van der Waals surface area (Å²) in [4.78, 5) is 24.8. The second-order valence-corrected chi connectivity index (χ2v) is 6.85. The van der Waals surface area contributed by atoms with Crippen LogP contribution in [0, 0.1) is 6.92 Å². The first-order valence-corrected chi connectivity index (χ1v) is 9.61. The summed E-state index contributed by atoms with van der Waals surface area (Å²) in [6, 6.07) is 12.9. The zero-order chi connectivity index (χ0) is 21.7. The Morgan fingerprint density at radius 2 is 1.70 bits per heavy atom. The van der Waals surface area contributed by atoms with Gasteiger partial charge in [-0.15, -0.1) is 0 Å². The van der Waals surface area contributed by atoms with Gasteiger partial charge in [-0.3, -0.25) is 4.79 Å². The van der Waals surface area contributed by atoms with E-state index < -0.39 is 12.1 Å². The zero-order valence-corrected chi connectivity index (χ0v) is 17.5. The Kier molecular flexibility index (Phi) is 6.61. The van der Waals surface area contributed by atoms with Crippen molar-refractivity contribution in [2.75, 3.05) is 20.8 Å². The van der Waals surface area contributed by atoms with Gasteiger partial charge in [0.15, 0.2) is 6.10 Å². The molecule has 0 aliphatic heterocycles. The van der Waals surface area contributed by atoms with Crippen LogP contribution in [0.1, 0.15) is 28.6 Å². The number of esters is 1. The number of carbonyl (C=O) groups is 2. The van der Waals surface area contributed by atoms with Gasteiger partial charge in [0, 0.05) is 17.5 Å². The summed E-state index contributed by atoms with van der Waals surface area (Å²) >= 11 is 0. The normalized spacial score (nSPS) is 11.7. The summed E-state index contributed by atoms with van der Waals surface area (Å²) in [6.07, 6.45) is -0.295. The number of fused-ring (bicyclic) bond motifs is 1. The lowest BCUT2D eigenvalue weighted by Crippen LogP contribution is -2.36. The zero-order valence-electron chi connectivity index (χ0n) is 17.5. The lowest BCUT2D eigenvalue weighted by Gasteiger charge is -2.13. The predicted octanol–water partition coefficient (Wildman–Crippen LogP) is 3.66. The largest absolute Gasteiger partial charge is 0.497 e. The molecule has 0 unspecified atom stereocenters. The smallest absolute Gasteiger partial charge is 0.375 e. The molecule has 1 N–H and O–H groups in total. The van der Waals surface area contributed by atoms with Crippen LogP contribution >= 0.6 is 0 Å². The van der Waals surface area contributed by atoms with Crippen molar-refractivity contribution in [2.24, 2.45) is 0 Å². The number of hydrogen-bond donors (Lipinski definition) is 1. The Balaban J connectivity index is 1.56. The van der Waals surface area contributed by atoms with Gasteiger partial charge in [-0.25, -0.2) is 4.79 Å². The molecule has 0 bridgehead atoms. The lowest BCUT2D eigenvalue weighted by atomic mass is 10.1. The third-order valence-electron chi connectivity index (χ3n) is 4.85. The number of amides is 1. The SMILES string of the molecule is COc1ccc(CCNC(=O)[C@H](C)OC(=O)c2oc3ccc(OC)cc3c2C)cc1. The van der Waals surface area contributed by atoms with Gasteiger partial charge < -0.3 is 23.9 Å². The van der Waals surface area contributed by atoms with Crippen molar-refractivity contribution >= 4 is 22.8 Å². The Morgan fingerprint density at radius 1 is 1.03 bits per heavy atom. The van der Waals surface area contributed by atoms with E-state index in [9.17, 15) is 9.59 Å². The van der Waals surface area contributed by atoms with E-state index in [-0.39, 0.29) is 11.7 Å². The van der Waals surface area contributed by atoms with Gasteiger partial charge in [0.2, 0.25) is 5.76 Å². The molecule has 0 fully saturated rings. The van der Waals surface area contributed by atoms with Crippen molar-refractivity contribution in [3.05, 3.63) is 59.4 Å². The Bertz CT molecular complexity index is 1040. The molecule has 0 saturated carbocycles. The number of hydrogen-bond acceptors (Lipinski definition) is 6. The molecule has 1 heterocycles. The number of carbonyl (C=O) groups excluding carboxylic acids is 2. The highest BCUT2D eigenvalue weighted by Crippen LogP contribution is 2.29. The maximum atomic E-state index is 12.5. The van der Waals surface area contributed by atoms with E-state index in [1.807, 2.05) is 24.3 Å². The van der Waals surface area contributed by atoms with Crippen molar-refractivity contribution in [3.8, 4) is 11.5 Å². The van der Waals surface area contributed by atoms with E-state index in [1.165, 1.54) is 6.92 Å². The maximum absolute atomic E-state index is 12.5. The first-order chi connectivity index (χ1) is 14.4. The number of benzene rings is 2.